The number of hydrogen-bond donors (Lipinski definition) is 2. The number of ether oxygens (including phenoxy) is 1. The van der Waals surface area contributed by atoms with E-state index in [1.807, 2.05) is 30.0 Å². The number of amides is 3. The van der Waals surface area contributed by atoms with Gasteiger partial charge in [0.2, 0.25) is 0 Å². The Kier molecular flexibility index (Phi) is 7.68. The van der Waals surface area contributed by atoms with Gasteiger partial charge in [0, 0.05) is 57.3 Å². The van der Waals surface area contributed by atoms with Crippen LogP contribution in [-0.2, 0) is 4.74 Å². The zero-order valence-corrected chi connectivity index (χ0v) is 16.8. The van der Waals surface area contributed by atoms with Gasteiger partial charge in [-0.1, -0.05) is 12.1 Å². The lowest BCUT2D eigenvalue weighted by molar-refractivity contribution is 0.0383. The molecule has 2 aliphatic rings. The second-order valence-electron chi connectivity index (χ2n) is 7.46. The topological polar surface area (TPSA) is 73.9 Å². The number of morpholine rings is 1. The molecular weight excluding hydrogens is 356 g/mol. The SMILES string of the molecule is CCNC(=O)N1CCC[C@H](c2cccc(C(=O)NCCN3CCOCC3)c2)C1. The molecule has 154 valence electrons. The van der Waals surface area contributed by atoms with Gasteiger partial charge in [-0.15, -0.1) is 0 Å². The average Bonchev–Trinajstić information content (AvgIpc) is 2.75. The quantitative estimate of drug-likeness (QED) is 0.777. The van der Waals surface area contributed by atoms with Crippen molar-refractivity contribution in [3.05, 3.63) is 35.4 Å². The standard InChI is InChI=1S/C21H32N4O3/c1-2-22-21(27)25-9-4-7-19(16-25)17-5-3-6-18(15-17)20(26)23-8-10-24-11-13-28-14-12-24/h3,5-6,15,19H,2,4,7-14,16H2,1H3,(H,22,27)(H,23,26)/t19-/m0/s1. The summed E-state index contributed by atoms with van der Waals surface area (Å²) in [6.45, 7) is 8.94. The number of likely N-dealkylation sites (tertiary alicyclic amines) is 1. The van der Waals surface area contributed by atoms with Crippen molar-refractivity contribution in [1.82, 2.24) is 20.4 Å². The van der Waals surface area contributed by atoms with Gasteiger partial charge >= 0.3 is 6.03 Å². The third kappa shape index (κ3) is 5.69. The zero-order valence-electron chi connectivity index (χ0n) is 16.8. The summed E-state index contributed by atoms with van der Waals surface area (Å²) in [5.41, 5.74) is 1.82. The first-order valence-electron chi connectivity index (χ1n) is 10.4. The van der Waals surface area contributed by atoms with Gasteiger partial charge in [0.1, 0.15) is 0 Å². The lowest BCUT2D eigenvalue weighted by atomic mass is 9.89. The molecule has 2 N–H and O–H groups in total. The molecule has 1 aromatic rings. The molecule has 7 heteroatoms. The molecule has 0 bridgehead atoms. The summed E-state index contributed by atoms with van der Waals surface area (Å²) in [6.07, 6.45) is 2.02. The highest BCUT2D eigenvalue weighted by Crippen LogP contribution is 2.27. The number of nitrogens with one attached hydrogen (secondary N) is 2. The largest absolute Gasteiger partial charge is 0.379 e. The van der Waals surface area contributed by atoms with E-state index in [0.29, 0.717) is 25.2 Å². The highest BCUT2D eigenvalue weighted by Gasteiger charge is 2.25. The van der Waals surface area contributed by atoms with Crippen molar-refractivity contribution in [3.63, 3.8) is 0 Å². The Morgan fingerprint density at radius 3 is 2.79 bits per heavy atom. The fraction of sp³-hybridized carbons (Fsp3) is 0.619. The number of benzene rings is 1. The molecule has 0 aromatic heterocycles. The Hall–Kier alpha value is -2.12. The molecule has 7 nitrogen and oxygen atoms in total. The van der Waals surface area contributed by atoms with Crippen LogP contribution in [0.5, 0.6) is 0 Å². The summed E-state index contributed by atoms with van der Waals surface area (Å²) in [5, 5.41) is 5.90. The summed E-state index contributed by atoms with van der Waals surface area (Å²) in [5.74, 6) is 0.240. The molecule has 2 saturated heterocycles. The molecular formula is C21H32N4O3. The Morgan fingerprint density at radius 2 is 2.00 bits per heavy atom. The Labute approximate surface area is 167 Å². The molecule has 1 aromatic carbocycles. The molecule has 1 atom stereocenters. The number of carbonyl (C=O) groups excluding carboxylic acids is 2. The summed E-state index contributed by atoms with van der Waals surface area (Å²) in [7, 11) is 0. The lowest BCUT2D eigenvalue weighted by Gasteiger charge is -2.33. The highest BCUT2D eigenvalue weighted by atomic mass is 16.5. The number of urea groups is 1. The summed E-state index contributed by atoms with van der Waals surface area (Å²) in [4.78, 5) is 28.9. The van der Waals surface area contributed by atoms with E-state index in [1.54, 1.807) is 0 Å². The number of hydrogen-bond acceptors (Lipinski definition) is 4. The monoisotopic (exact) mass is 388 g/mol. The molecule has 2 aliphatic heterocycles. The molecule has 0 saturated carbocycles. The second kappa shape index (κ2) is 10.4. The number of piperidine rings is 1. The van der Waals surface area contributed by atoms with Crippen LogP contribution in [0.2, 0.25) is 0 Å². The van der Waals surface area contributed by atoms with Crippen molar-refractivity contribution in [2.45, 2.75) is 25.7 Å². The Balaban J connectivity index is 1.53. The predicted octanol–water partition coefficient (Wildman–Crippen LogP) is 1.66. The fourth-order valence-electron chi connectivity index (χ4n) is 3.88. The minimum Gasteiger partial charge on any atom is -0.379 e. The van der Waals surface area contributed by atoms with Crippen LogP contribution < -0.4 is 10.6 Å². The molecule has 2 heterocycles. The lowest BCUT2D eigenvalue weighted by Crippen LogP contribution is -2.44. The summed E-state index contributed by atoms with van der Waals surface area (Å²) in [6, 6.07) is 7.85. The van der Waals surface area contributed by atoms with E-state index in [-0.39, 0.29) is 17.9 Å². The number of rotatable bonds is 6. The third-order valence-corrected chi connectivity index (χ3v) is 5.47. The van der Waals surface area contributed by atoms with Gasteiger partial charge in [0.15, 0.2) is 0 Å². The van der Waals surface area contributed by atoms with Gasteiger partial charge in [-0.05, 0) is 37.5 Å². The van der Waals surface area contributed by atoms with Gasteiger partial charge in [0.05, 0.1) is 13.2 Å². The maximum absolute atomic E-state index is 12.6. The number of nitrogens with zero attached hydrogens (tertiary/aromatic N) is 2. The van der Waals surface area contributed by atoms with Crippen LogP contribution >= 0.6 is 0 Å². The fourth-order valence-corrected chi connectivity index (χ4v) is 3.88. The molecule has 0 unspecified atom stereocenters. The van der Waals surface area contributed by atoms with Crippen molar-refractivity contribution >= 4 is 11.9 Å². The van der Waals surface area contributed by atoms with Gasteiger partial charge in [-0.2, -0.15) is 0 Å². The molecule has 28 heavy (non-hydrogen) atoms. The van der Waals surface area contributed by atoms with E-state index in [4.69, 9.17) is 4.74 Å². The van der Waals surface area contributed by atoms with Crippen LogP contribution in [0.4, 0.5) is 4.79 Å². The van der Waals surface area contributed by atoms with Crippen LogP contribution in [0.15, 0.2) is 24.3 Å². The smallest absolute Gasteiger partial charge is 0.317 e. The first-order valence-corrected chi connectivity index (χ1v) is 10.4. The van der Waals surface area contributed by atoms with Gasteiger partial charge in [0.25, 0.3) is 5.91 Å². The summed E-state index contributed by atoms with van der Waals surface area (Å²) < 4.78 is 5.35. The molecule has 0 radical (unpaired) electrons. The van der Waals surface area contributed by atoms with Crippen molar-refractivity contribution in [2.75, 3.05) is 59.0 Å². The minimum absolute atomic E-state index is 0.00390. The maximum atomic E-state index is 12.6. The predicted molar refractivity (Wildman–Crippen MR) is 109 cm³/mol. The molecule has 0 spiro atoms. The molecule has 3 rings (SSSR count). The third-order valence-electron chi connectivity index (χ3n) is 5.47. The average molecular weight is 389 g/mol. The van der Waals surface area contributed by atoms with Crippen molar-refractivity contribution in [2.24, 2.45) is 0 Å². The van der Waals surface area contributed by atoms with E-state index >= 15 is 0 Å². The first kappa shape index (κ1) is 20.6. The van der Waals surface area contributed by atoms with Gasteiger partial charge in [-0.25, -0.2) is 4.79 Å². The van der Waals surface area contributed by atoms with Crippen molar-refractivity contribution in [1.29, 1.82) is 0 Å². The van der Waals surface area contributed by atoms with Crippen LogP contribution in [0.25, 0.3) is 0 Å². The Morgan fingerprint density at radius 1 is 1.18 bits per heavy atom. The van der Waals surface area contributed by atoms with E-state index in [1.165, 1.54) is 0 Å². The van der Waals surface area contributed by atoms with E-state index in [0.717, 1.165) is 57.8 Å². The summed E-state index contributed by atoms with van der Waals surface area (Å²) >= 11 is 0. The van der Waals surface area contributed by atoms with Crippen LogP contribution in [0, 0.1) is 0 Å². The van der Waals surface area contributed by atoms with E-state index < -0.39 is 0 Å². The van der Waals surface area contributed by atoms with Crippen LogP contribution in [0.3, 0.4) is 0 Å². The van der Waals surface area contributed by atoms with E-state index in [2.05, 4.69) is 21.6 Å². The second-order valence-corrected chi connectivity index (χ2v) is 7.46. The molecule has 0 aliphatic carbocycles. The van der Waals surface area contributed by atoms with Crippen molar-refractivity contribution < 1.29 is 14.3 Å². The molecule has 2 fully saturated rings. The zero-order chi connectivity index (χ0) is 19.8. The minimum atomic E-state index is -0.0356. The van der Waals surface area contributed by atoms with Crippen LogP contribution in [0.1, 0.15) is 41.6 Å². The van der Waals surface area contributed by atoms with Gasteiger partial charge in [-0.3, -0.25) is 9.69 Å². The first-order chi connectivity index (χ1) is 13.7. The highest BCUT2D eigenvalue weighted by molar-refractivity contribution is 5.94. The Bertz CT molecular complexity index is 661. The maximum Gasteiger partial charge on any atom is 0.317 e. The van der Waals surface area contributed by atoms with E-state index in [9.17, 15) is 9.59 Å². The normalized spacial score (nSPS) is 20.6. The van der Waals surface area contributed by atoms with Gasteiger partial charge < -0.3 is 20.3 Å². The van der Waals surface area contributed by atoms with Crippen LogP contribution in [-0.4, -0.2) is 80.8 Å². The molecule has 3 amide bonds. The number of carbonyl (C=O) groups is 2. The van der Waals surface area contributed by atoms with Crippen molar-refractivity contribution in [3.8, 4) is 0 Å².